The molecule has 6 heteroatoms. The van der Waals surface area contributed by atoms with Crippen molar-refractivity contribution in [1.29, 1.82) is 0 Å². The Morgan fingerprint density at radius 1 is 1.69 bits per heavy atom. The normalized spacial score (nSPS) is 10.3. The van der Waals surface area contributed by atoms with E-state index in [0.717, 1.165) is 0 Å². The predicted octanol–water partition coefficient (Wildman–Crippen LogP) is -0.932. The maximum Gasteiger partial charge on any atom is 0.271 e. The van der Waals surface area contributed by atoms with E-state index in [9.17, 15) is 4.79 Å². The lowest BCUT2D eigenvalue weighted by Gasteiger charge is -2.00. The minimum atomic E-state index is -0.576. The lowest BCUT2D eigenvalue weighted by Crippen LogP contribution is -2.13. The number of aromatic nitrogens is 3. The summed E-state index contributed by atoms with van der Waals surface area (Å²) in [4.78, 5) is 10.8. The number of primary amides is 1. The van der Waals surface area contributed by atoms with Crippen molar-refractivity contribution in [2.75, 3.05) is 6.61 Å². The Balaban J connectivity index is 2.80. The zero-order valence-electron chi connectivity index (χ0n) is 7.40. The first kappa shape index (κ1) is 9.66. The van der Waals surface area contributed by atoms with Crippen LogP contribution in [0.15, 0.2) is 0 Å². The van der Waals surface area contributed by atoms with E-state index in [1.54, 1.807) is 11.6 Å². The number of hydrogen-bond acceptors (Lipinski definition) is 4. The summed E-state index contributed by atoms with van der Waals surface area (Å²) < 4.78 is 1.55. The summed E-state index contributed by atoms with van der Waals surface area (Å²) in [6.07, 6.45) is 0.586. The minimum Gasteiger partial charge on any atom is -0.396 e. The van der Waals surface area contributed by atoms with Crippen molar-refractivity contribution in [3.05, 3.63) is 11.4 Å². The predicted molar refractivity (Wildman–Crippen MR) is 45.0 cm³/mol. The van der Waals surface area contributed by atoms with E-state index in [1.807, 2.05) is 0 Å². The topological polar surface area (TPSA) is 94.0 Å². The fourth-order valence-electron chi connectivity index (χ4n) is 1.02. The standard InChI is InChI=1S/C7H12N4O2/c1-5-6(7(8)13)9-10-11(5)3-2-4-12/h12H,2-4H2,1H3,(H2,8,13). The van der Waals surface area contributed by atoms with Crippen molar-refractivity contribution in [3.63, 3.8) is 0 Å². The third-order valence-corrected chi connectivity index (χ3v) is 1.74. The van der Waals surface area contributed by atoms with Gasteiger partial charge in [0.25, 0.3) is 5.91 Å². The SMILES string of the molecule is Cc1c(C(N)=O)nnn1CCCO. The van der Waals surface area contributed by atoms with Crippen molar-refractivity contribution >= 4 is 5.91 Å². The highest BCUT2D eigenvalue weighted by Gasteiger charge is 2.12. The number of aliphatic hydroxyl groups is 1. The van der Waals surface area contributed by atoms with E-state index in [0.29, 0.717) is 18.7 Å². The molecule has 1 aromatic heterocycles. The quantitative estimate of drug-likeness (QED) is 0.632. The van der Waals surface area contributed by atoms with E-state index in [1.165, 1.54) is 0 Å². The van der Waals surface area contributed by atoms with E-state index >= 15 is 0 Å². The van der Waals surface area contributed by atoms with Crippen molar-refractivity contribution in [2.24, 2.45) is 5.73 Å². The van der Waals surface area contributed by atoms with Gasteiger partial charge in [0, 0.05) is 13.2 Å². The minimum absolute atomic E-state index is 0.0885. The molecular formula is C7H12N4O2. The number of rotatable bonds is 4. The van der Waals surface area contributed by atoms with Gasteiger partial charge in [-0.2, -0.15) is 0 Å². The summed E-state index contributed by atoms with van der Waals surface area (Å²) >= 11 is 0. The first-order valence-corrected chi connectivity index (χ1v) is 3.97. The van der Waals surface area contributed by atoms with Crippen molar-refractivity contribution < 1.29 is 9.90 Å². The van der Waals surface area contributed by atoms with Gasteiger partial charge in [0.2, 0.25) is 0 Å². The van der Waals surface area contributed by atoms with Crippen LogP contribution < -0.4 is 5.73 Å². The molecule has 1 aromatic rings. The van der Waals surface area contributed by atoms with E-state index in [-0.39, 0.29) is 12.3 Å². The number of amides is 1. The molecule has 1 rings (SSSR count). The number of hydrogen-bond donors (Lipinski definition) is 2. The molecule has 0 aliphatic heterocycles. The Morgan fingerprint density at radius 2 is 2.38 bits per heavy atom. The molecule has 0 bridgehead atoms. The second-order valence-corrected chi connectivity index (χ2v) is 2.69. The highest BCUT2D eigenvalue weighted by Crippen LogP contribution is 2.02. The summed E-state index contributed by atoms with van der Waals surface area (Å²) in [5, 5.41) is 15.9. The lowest BCUT2D eigenvalue weighted by molar-refractivity contribution is 0.0995. The average Bonchev–Trinajstić information content (AvgIpc) is 2.43. The number of carbonyl (C=O) groups excluding carboxylic acids is 1. The van der Waals surface area contributed by atoms with Gasteiger partial charge in [-0.15, -0.1) is 5.10 Å². The molecule has 0 unspecified atom stereocenters. The maximum atomic E-state index is 10.8. The monoisotopic (exact) mass is 184 g/mol. The fraction of sp³-hybridized carbons (Fsp3) is 0.571. The largest absolute Gasteiger partial charge is 0.396 e. The Bertz CT molecular complexity index is 307. The molecule has 0 atom stereocenters. The van der Waals surface area contributed by atoms with Crippen LogP contribution >= 0.6 is 0 Å². The molecule has 0 aromatic carbocycles. The molecule has 72 valence electrons. The van der Waals surface area contributed by atoms with Crippen LogP contribution in [-0.2, 0) is 6.54 Å². The van der Waals surface area contributed by atoms with Crippen molar-refractivity contribution in [1.82, 2.24) is 15.0 Å². The zero-order chi connectivity index (χ0) is 9.84. The molecule has 0 fully saturated rings. The lowest BCUT2D eigenvalue weighted by atomic mass is 10.3. The Hall–Kier alpha value is -1.43. The third kappa shape index (κ3) is 2.03. The summed E-state index contributed by atoms with van der Waals surface area (Å²) in [6.45, 7) is 2.35. The molecule has 0 radical (unpaired) electrons. The highest BCUT2D eigenvalue weighted by atomic mass is 16.3. The van der Waals surface area contributed by atoms with Gasteiger partial charge >= 0.3 is 0 Å². The van der Waals surface area contributed by atoms with Crippen LogP contribution in [0, 0.1) is 6.92 Å². The smallest absolute Gasteiger partial charge is 0.271 e. The zero-order valence-corrected chi connectivity index (χ0v) is 7.40. The molecule has 1 amide bonds. The van der Waals surface area contributed by atoms with Gasteiger partial charge in [-0.3, -0.25) is 4.79 Å². The molecule has 0 saturated carbocycles. The van der Waals surface area contributed by atoms with Gasteiger partial charge in [-0.1, -0.05) is 5.21 Å². The van der Waals surface area contributed by atoms with Crippen LogP contribution in [-0.4, -0.2) is 32.6 Å². The first-order valence-electron chi connectivity index (χ1n) is 3.97. The molecule has 0 spiro atoms. The molecule has 3 N–H and O–H groups in total. The van der Waals surface area contributed by atoms with Crippen LogP contribution in [0.5, 0.6) is 0 Å². The molecule has 1 heterocycles. The summed E-state index contributed by atoms with van der Waals surface area (Å²) in [5.41, 5.74) is 5.88. The van der Waals surface area contributed by atoms with E-state index in [4.69, 9.17) is 10.8 Å². The van der Waals surface area contributed by atoms with E-state index in [2.05, 4.69) is 10.3 Å². The summed E-state index contributed by atoms with van der Waals surface area (Å²) in [6, 6.07) is 0. The van der Waals surface area contributed by atoms with Gasteiger partial charge in [0.15, 0.2) is 5.69 Å². The fourth-order valence-corrected chi connectivity index (χ4v) is 1.02. The van der Waals surface area contributed by atoms with Gasteiger partial charge in [-0.05, 0) is 13.3 Å². The molecule has 0 aliphatic carbocycles. The van der Waals surface area contributed by atoms with Gasteiger partial charge in [0.05, 0.1) is 5.69 Å². The van der Waals surface area contributed by atoms with Crippen LogP contribution in [0.2, 0.25) is 0 Å². The summed E-state index contributed by atoms with van der Waals surface area (Å²) in [5.74, 6) is -0.576. The second-order valence-electron chi connectivity index (χ2n) is 2.69. The van der Waals surface area contributed by atoms with Gasteiger partial charge < -0.3 is 10.8 Å². The molecule has 13 heavy (non-hydrogen) atoms. The van der Waals surface area contributed by atoms with Crippen molar-refractivity contribution in [2.45, 2.75) is 19.9 Å². The van der Waals surface area contributed by atoms with Crippen LogP contribution in [0.25, 0.3) is 0 Å². The number of nitrogens with two attached hydrogens (primary N) is 1. The summed E-state index contributed by atoms with van der Waals surface area (Å²) in [7, 11) is 0. The van der Waals surface area contributed by atoms with E-state index < -0.39 is 5.91 Å². The Labute approximate surface area is 75.3 Å². The van der Waals surface area contributed by atoms with Gasteiger partial charge in [-0.25, -0.2) is 4.68 Å². The molecule has 0 saturated heterocycles. The highest BCUT2D eigenvalue weighted by molar-refractivity contribution is 5.91. The molecule has 0 aliphatic rings. The Kier molecular flexibility index (Phi) is 2.97. The number of carbonyl (C=O) groups is 1. The second kappa shape index (κ2) is 3.99. The van der Waals surface area contributed by atoms with Crippen molar-refractivity contribution in [3.8, 4) is 0 Å². The molecular weight excluding hydrogens is 172 g/mol. The molecule has 6 nitrogen and oxygen atoms in total. The Morgan fingerprint density at radius 3 is 2.85 bits per heavy atom. The van der Waals surface area contributed by atoms with Gasteiger partial charge in [0.1, 0.15) is 0 Å². The average molecular weight is 184 g/mol. The van der Waals surface area contributed by atoms with Crippen LogP contribution in [0.4, 0.5) is 0 Å². The van der Waals surface area contributed by atoms with Crippen LogP contribution in [0.1, 0.15) is 22.6 Å². The number of aliphatic hydroxyl groups excluding tert-OH is 1. The maximum absolute atomic E-state index is 10.8. The first-order chi connectivity index (χ1) is 6.16. The number of aryl methyl sites for hydroxylation is 1. The van der Waals surface area contributed by atoms with Crippen LogP contribution in [0.3, 0.4) is 0 Å². The third-order valence-electron chi connectivity index (χ3n) is 1.74. The number of nitrogens with zero attached hydrogens (tertiary/aromatic N) is 3.